The summed E-state index contributed by atoms with van der Waals surface area (Å²) in [4.78, 5) is 3.60. The number of nitrogens with one attached hydrogen (secondary N) is 2. The number of fused-ring (bicyclic) bond motifs is 3. The summed E-state index contributed by atoms with van der Waals surface area (Å²) in [5.41, 5.74) is 5.44. The number of H-pyrrole nitrogens is 1. The number of aromatic amines is 1. The molecule has 4 rings (SSSR count). The van der Waals surface area contributed by atoms with Crippen molar-refractivity contribution in [3.8, 4) is 0 Å². The van der Waals surface area contributed by atoms with Crippen molar-refractivity contribution < 1.29 is 0 Å². The first kappa shape index (κ1) is 11.7. The van der Waals surface area contributed by atoms with Crippen LogP contribution in [0.15, 0.2) is 54.6 Å². The first-order chi connectivity index (χ1) is 9.84. The fraction of sp³-hybridized carbons (Fsp3) is 0.222. The Morgan fingerprint density at radius 1 is 0.950 bits per heavy atom. The average Bonchev–Trinajstić information content (AvgIpc) is 2.89. The van der Waals surface area contributed by atoms with Crippen molar-refractivity contribution in [3.63, 3.8) is 0 Å². The Morgan fingerprint density at radius 3 is 2.55 bits per heavy atom. The van der Waals surface area contributed by atoms with Gasteiger partial charge in [0.25, 0.3) is 0 Å². The molecule has 2 atom stereocenters. The van der Waals surface area contributed by atoms with E-state index in [9.17, 15) is 0 Å². The van der Waals surface area contributed by atoms with E-state index >= 15 is 0 Å². The monoisotopic (exact) mass is 262 g/mol. The summed E-state index contributed by atoms with van der Waals surface area (Å²) in [7, 11) is 0. The van der Waals surface area contributed by atoms with Crippen molar-refractivity contribution in [2.75, 3.05) is 6.54 Å². The molecule has 2 aromatic carbocycles. The van der Waals surface area contributed by atoms with Gasteiger partial charge < -0.3 is 10.3 Å². The summed E-state index contributed by atoms with van der Waals surface area (Å²) >= 11 is 0. The molecule has 0 amide bonds. The minimum absolute atomic E-state index is 0.386. The highest BCUT2D eigenvalue weighted by atomic mass is 15.0. The molecule has 1 aromatic heterocycles. The lowest BCUT2D eigenvalue weighted by molar-refractivity contribution is 0.502. The van der Waals surface area contributed by atoms with Gasteiger partial charge in [-0.15, -0.1) is 0 Å². The quantitative estimate of drug-likeness (QED) is 0.682. The Hall–Kier alpha value is -2.06. The zero-order chi connectivity index (χ0) is 13.5. The van der Waals surface area contributed by atoms with Crippen molar-refractivity contribution in [1.29, 1.82) is 0 Å². The molecule has 0 fully saturated rings. The van der Waals surface area contributed by atoms with Crippen molar-refractivity contribution in [2.45, 2.75) is 18.9 Å². The van der Waals surface area contributed by atoms with Crippen LogP contribution in [0.3, 0.4) is 0 Å². The van der Waals surface area contributed by atoms with Gasteiger partial charge in [0.2, 0.25) is 0 Å². The second-order valence-corrected chi connectivity index (χ2v) is 5.59. The predicted molar refractivity (Wildman–Crippen MR) is 83.0 cm³/mol. The molecule has 0 radical (unpaired) electrons. The molecule has 2 nitrogen and oxygen atoms in total. The van der Waals surface area contributed by atoms with Crippen molar-refractivity contribution in [2.24, 2.45) is 0 Å². The van der Waals surface area contributed by atoms with Crippen LogP contribution >= 0.6 is 0 Å². The molecule has 3 aromatic rings. The number of para-hydroxylation sites is 1. The number of benzene rings is 2. The van der Waals surface area contributed by atoms with Gasteiger partial charge in [-0.2, -0.15) is 0 Å². The molecular formula is C18H18N2. The van der Waals surface area contributed by atoms with E-state index in [4.69, 9.17) is 0 Å². The Morgan fingerprint density at radius 2 is 1.70 bits per heavy atom. The molecule has 2 unspecified atom stereocenters. The van der Waals surface area contributed by atoms with Crippen LogP contribution in [0.4, 0.5) is 0 Å². The maximum absolute atomic E-state index is 3.62. The Bertz CT molecular complexity index is 742. The van der Waals surface area contributed by atoms with E-state index in [0.717, 1.165) is 6.54 Å². The first-order valence-electron chi connectivity index (χ1n) is 7.23. The second-order valence-electron chi connectivity index (χ2n) is 5.59. The SMILES string of the molecule is CC1NCC(c2ccccc2)c2c1[nH]c1ccccc21. The van der Waals surface area contributed by atoms with Gasteiger partial charge in [-0.05, 0) is 24.1 Å². The molecule has 0 bridgehead atoms. The van der Waals surface area contributed by atoms with Crippen LogP contribution in [0.5, 0.6) is 0 Å². The van der Waals surface area contributed by atoms with Gasteiger partial charge in [-0.25, -0.2) is 0 Å². The predicted octanol–water partition coefficient (Wildman–Crippen LogP) is 3.96. The van der Waals surface area contributed by atoms with Crippen LogP contribution in [0.1, 0.15) is 35.7 Å². The van der Waals surface area contributed by atoms with Gasteiger partial charge in [0.15, 0.2) is 0 Å². The molecule has 2 N–H and O–H groups in total. The third kappa shape index (κ3) is 1.69. The van der Waals surface area contributed by atoms with E-state index in [1.165, 1.54) is 27.7 Å². The van der Waals surface area contributed by atoms with Gasteiger partial charge in [-0.1, -0.05) is 48.5 Å². The average molecular weight is 262 g/mol. The molecule has 0 spiro atoms. The lowest BCUT2D eigenvalue weighted by Gasteiger charge is -2.29. The van der Waals surface area contributed by atoms with Crippen LogP contribution in [0.2, 0.25) is 0 Å². The lowest BCUT2D eigenvalue weighted by atomic mass is 9.85. The van der Waals surface area contributed by atoms with E-state index in [2.05, 4.69) is 71.8 Å². The van der Waals surface area contributed by atoms with Gasteiger partial charge in [-0.3, -0.25) is 0 Å². The maximum atomic E-state index is 3.62. The summed E-state index contributed by atoms with van der Waals surface area (Å²) in [5, 5.41) is 4.98. The van der Waals surface area contributed by atoms with E-state index < -0.39 is 0 Å². The van der Waals surface area contributed by atoms with Gasteiger partial charge >= 0.3 is 0 Å². The third-order valence-electron chi connectivity index (χ3n) is 4.39. The minimum atomic E-state index is 0.386. The molecule has 2 heteroatoms. The largest absolute Gasteiger partial charge is 0.357 e. The van der Waals surface area contributed by atoms with Crippen molar-refractivity contribution >= 4 is 10.9 Å². The van der Waals surface area contributed by atoms with Crippen molar-refractivity contribution in [3.05, 3.63) is 71.4 Å². The molecule has 100 valence electrons. The van der Waals surface area contributed by atoms with Gasteiger partial charge in [0, 0.05) is 35.1 Å². The number of aromatic nitrogens is 1. The number of rotatable bonds is 1. The van der Waals surface area contributed by atoms with Crippen LogP contribution in [-0.2, 0) is 0 Å². The standard InChI is InChI=1S/C18H18N2/c1-12-18-17(14-9-5-6-10-16(14)20-18)15(11-19-12)13-7-3-2-4-8-13/h2-10,12,15,19-20H,11H2,1H3. The third-order valence-corrected chi connectivity index (χ3v) is 4.39. The van der Waals surface area contributed by atoms with Gasteiger partial charge in [0.1, 0.15) is 0 Å². The fourth-order valence-corrected chi connectivity index (χ4v) is 3.37. The smallest absolute Gasteiger partial charge is 0.0459 e. The maximum Gasteiger partial charge on any atom is 0.0459 e. The van der Waals surface area contributed by atoms with Crippen LogP contribution < -0.4 is 5.32 Å². The lowest BCUT2D eigenvalue weighted by Crippen LogP contribution is -2.31. The minimum Gasteiger partial charge on any atom is -0.357 e. The Labute approximate surface area is 118 Å². The summed E-state index contributed by atoms with van der Waals surface area (Å²) in [5.74, 6) is 0.429. The summed E-state index contributed by atoms with van der Waals surface area (Å²) in [6, 6.07) is 19.8. The molecule has 0 saturated heterocycles. The van der Waals surface area contributed by atoms with Crippen molar-refractivity contribution in [1.82, 2.24) is 10.3 Å². The van der Waals surface area contributed by atoms with E-state index in [1.54, 1.807) is 0 Å². The molecule has 0 saturated carbocycles. The number of hydrogen-bond donors (Lipinski definition) is 2. The molecule has 1 aliphatic rings. The fourth-order valence-electron chi connectivity index (χ4n) is 3.37. The zero-order valence-electron chi connectivity index (χ0n) is 11.6. The highest BCUT2D eigenvalue weighted by Crippen LogP contribution is 2.38. The van der Waals surface area contributed by atoms with E-state index in [1.807, 2.05) is 0 Å². The highest BCUT2D eigenvalue weighted by molar-refractivity contribution is 5.86. The van der Waals surface area contributed by atoms with Crippen LogP contribution in [0, 0.1) is 0 Å². The first-order valence-corrected chi connectivity index (χ1v) is 7.23. The summed E-state index contributed by atoms with van der Waals surface area (Å²) in [6.45, 7) is 3.23. The molecular weight excluding hydrogens is 244 g/mol. The molecule has 1 aliphatic heterocycles. The van der Waals surface area contributed by atoms with Gasteiger partial charge in [0.05, 0.1) is 0 Å². The normalized spacial score (nSPS) is 21.9. The van der Waals surface area contributed by atoms with E-state index in [0.29, 0.717) is 12.0 Å². The Balaban J connectivity index is 1.96. The summed E-state index contributed by atoms with van der Waals surface area (Å²) in [6.07, 6.45) is 0. The van der Waals surface area contributed by atoms with E-state index in [-0.39, 0.29) is 0 Å². The summed E-state index contributed by atoms with van der Waals surface area (Å²) < 4.78 is 0. The topological polar surface area (TPSA) is 27.8 Å². The zero-order valence-corrected chi connectivity index (χ0v) is 11.6. The molecule has 0 aliphatic carbocycles. The van der Waals surface area contributed by atoms with Crippen LogP contribution in [-0.4, -0.2) is 11.5 Å². The molecule has 20 heavy (non-hydrogen) atoms. The van der Waals surface area contributed by atoms with Crippen LogP contribution in [0.25, 0.3) is 10.9 Å². The Kier molecular flexibility index (Phi) is 2.64. The second kappa shape index (κ2) is 4.50. The number of hydrogen-bond acceptors (Lipinski definition) is 1. The highest BCUT2D eigenvalue weighted by Gasteiger charge is 2.29. The molecule has 2 heterocycles.